The predicted molar refractivity (Wildman–Crippen MR) is 153 cm³/mol. The minimum absolute atomic E-state index is 0.0363. The van der Waals surface area contributed by atoms with Gasteiger partial charge in [-0.15, -0.1) is 0 Å². The Morgan fingerprint density at radius 1 is 1.03 bits per heavy atom. The van der Waals surface area contributed by atoms with Crippen molar-refractivity contribution >= 4 is 22.7 Å². The number of fused-ring (bicyclic) bond motifs is 2. The number of rotatable bonds is 8. The number of hydrogen-bond acceptors (Lipinski definition) is 3. The molecule has 0 saturated carbocycles. The molecule has 3 aromatic carbocycles. The van der Waals surface area contributed by atoms with Crippen LogP contribution in [0.5, 0.6) is 0 Å². The van der Waals surface area contributed by atoms with Gasteiger partial charge in [-0.1, -0.05) is 80.6 Å². The van der Waals surface area contributed by atoms with E-state index in [2.05, 4.69) is 48.4 Å². The molecule has 2 amide bonds. The zero-order chi connectivity index (χ0) is 26.9. The number of ether oxygens (including phenoxy) is 1. The number of nitrogens with one attached hydrogen (secondary N) is 2. The van der Waals surface area contributed by atoms with E-state index >= 15 is 0 Å². The summed E-state index contributed by atoms with van der Waals surface area (Å²) in [6, 6.07) is 25.2. The van der Waals surface area contributed by atoms with Gasteiger partial charge in [0.15, 0.2) is 0 Å². The molecule has 6 heteroatoms. The third-order valence-corrected chi connectivity index (χ3v) is 7.94. The first-order valence-electron chi connectivity index (χ1n) is 14.0. The molecular weight excluding hydrogens is 486 g/mol. The monoisotopic (exact) mass is 521 g/mol. The lowest BCUT2D eigenvalue weighted by molar-refractivity contribution is -0.127. The molecule has 3 unspecified atom stereocenters. The van der Waals surface area contributed by atoms with Crippen LogP contribution in [0.1, 0.15) is 60.6 Å². The van der Waals surface area contributed by atoms with Crippen LogP contribution in [0.2, 0.25) is 0 Å². The molecule has 200 valence electrons. The molecule has 1 saturated heterocycles. The number of aromatic amines is 1. The van der Waals surface area contributed by atoms with Gasteiger partial charge in [0.05, 0.1) is 17.8 Å². The maximum atomic E-state index is 14.2. The average Bonchev–Trinajstić information content (AvgIpc) is 3.68. The minimum atomic E-state index is -0.617. The van der Waals surface area contributed by atoms with Crippen LogP contribution < -0.4 is 5.32 Å². The van der Waals surface area contributed by atoms with Crippen molar-refractivity contribution in [2.45, 2.75) is 51.3 Å². The van der Waals surface area contributed by atoms with E-state index in [9.17, 15) is 9.59 Å². The molecule has 0 aliphatic carbocycles. The molecule has 6 rings (SSSR count). The number of carbonyl (C=O) groups excluding carboxylic acids is 2. The van der Waals surface area contributed by atoms with E-state index in [0.29, 0.717) is 18.5 Å². The molecule has 0 bridgehead atoms. The maximum absolute atomic E-state index is 14.2. The van der Waals surface area contributed by atoms with Crippen molar-refractivity contribution in [2.75, 3.05) is 13.2 Å². The van der Waals surface area contributed by atoms with Crippen molar-refractivity contribution in [3.63, 3.8) is 0 Å². The normalized spacial score (nSPS) is 19.6. The number of amides is 2. The Kier molecular flexibility index (Phi) is 6.96. The summed E-state index contributed by atoms with van der Waals surface area (Å²) in [5.74, 6) is 0.00136. The van der Waals surface area contributed by atoms with Crippen LogP contribution >= 0.6 is 0 Å². The Morgan fingerprint density at radius 2 is 1.77 bits per heavy atom. The van der Waals surface area contributed by atoms with Crippen molar-refractivity contribution in [3.8, 4) is 11.3 Å². The molecule has 6 nitrogen and oxygen atoms in total. The zero-order valence-corrected chi connectivity index (χ0v) is 22.5. The first kappa shape index (κ1) is 25.4. The summed E-state index contributed by atoms with van der Waals surface area (Å²) >= 11 is 0. The molecule has 0 radical (unpaired) electrons. The highest BCUT2D eigenvalue weighted by Gasteiger charge is 2.45. The van der Waals surface area contributed by atoms with Crippen molar-refractivity contribution in [1.82, 2.24) is 15.2 Å². The lowest BCUT2D eigenvalue weighted by atomic mass is 9.91. The summed E-state index contributed by atoms with van der Waals surface area (Å²) in [6.45, 7) is 5.41. The largest absolute Gasteiger partial charge is 0.376 e. The molecule has 39 heavy (non-hydrogen) atoms. The van der Waals surface area contributed by atoms with Gasteiger partial charge in [-0.3, -0.25) is 9.59 Å². The topological polar surface area (TPSA) is 74.4 Å². The van der Waals surface area contributed by atoms with Crippen molar-refractivity contribution in [2.24, 2.45) is 5.92 Å². The second-order valence-electron chi connectivity index (χ2n) is 11.1. The highest BCUT2D eigenvalue weighted by Crippen LogP contribution is 2.46. The first-order chi connectivity index (χ1) is 19.0. The van der Waals surface area contributed by atoms with Crippen molar-refractivity contribution in [3.05, 3.63) is 95.6 Å². The summed E-state index contributed by atoms with van der Waals surface area (Å²) in [7, 11) is 0. The smallest absolute Gasteiger partial charge is 0.255 e. The molecule has 3 atom stereocenters. The molecule has 2 N–H and O–H groups in total. The van der Waals surface area contributed by atoms with E-state index in [-0.39, 0.29) is 23.8 Å². The number of H-pyrrole nitrogens is 1. The SMILES string of the molecule is CC(C)CC(C(=O)NCC1CCCO1)N1C(=O)c2ccccc2C1c1c(-c2ccccc2)[nH]c2ccccc12. The Labute approximate surface area is 229 Å². The fourth-order valence-electron chi connectivity index (χ4n) is 6.16. The summed E-state index contributed by atoms with van der Waals surface area (Å²) in [5, 5.41) is 4.19. The molecule has 2 aliphatic rings. The van der Waals surface area contributed by atoms with Crippen LogP contribution in [0.15, 0.2) is 78.9 Å². The number of hydrogen-bond donors (Lipinski definition) is 2. The fraction of sp³-hybridized carbons (Fsp3) is 0.333. The van der Waals surface area contributed by atoms with Crippen LogP contribution in [0.4, 0.5) is 0 Å². The van der Waals surface area contributed by atoms with Crippen molar-refractivity contribution < 1.29 is 14.3 Å². The molecule has 1 aromatic heterocycles. The Hall–Kier alpha value is -3.90. The van der Waals surface area contributed by atoms with Gasteiger partial charge in [-0.25, -0.2) is 0 Å². The average molecular weight is 522 g/mol. The minimum Gasteiger partial charge on any atom is -0.376 e. The van der Waals surface area contributed by atoms with E-state index in [4.69, 9.17) is 4.74 Å². The third-order valence-electron chi connectivity index (χ3n) is 7.94. The van der Waals surface area contributed by atoms with Gasteiger partial charge in [0.1, 0.15) is 6.04 Å². The van der Waals surface area contributed by atoms with Gasteiger partial charge in [0.25, 0.3) is 5.91 Å². The van der Waals surface area contributed by atoms with E-state index in [1.54, 1.807) is 0 Å². The van der Waals surface area contributed by atoms with Crippen LogP contribution in [-0.4, -0.2) is 47.0 Å². The Bertz CT molecular complexity index is 1490. The van der Waals surface area contributed by atoms with Crippen LogP contribution in [0.25, 0.3) is 22.2 Å². The van der Waals surface area contributed by atoms with Gasteiger partial charge in [0.2, 0.25) is 5.91 Å². The predicted octanol–water partition coefficient (Wildman–Crippen LogP) is 6.09. The molecule has 4 aromatic rings. The molecular formula is C33H35N3O3. The molecule has 3 heterocycles. The summed E-state index contributed by atoms with van der Waals surface area (Å²) in [6.07, 6.45) is 2.56. The van der Waals surface area contributed by atoms with Gasteiger partial charge >= 0.3 is 0 Å². The Balaban J connectivity index is 1.50. The molecule has 2 aliphatic heterocycles. The standard InChI is InChI=1S/C33H35N3O3/c1-21(2)19-28(32(37)34-20-23-13-10-18-39-23)36-31(24-14-6-7-15-25(24)33(36)38)29-26-16-8-9-17-27(26)35-30(29)22-11-4-3-5-12-22/h3-9,11-12,14-17,21,23,28,31,35H,10,13,18-20H2,1-2H3,(H,34,37). The summed E-state index contributed by atoms with van der Waals surface area (Å²) in [5.41, 5.74) is 5.64. The second-order valence-corrected chi connectivity index (χ2v) is 11.1. The van der Waals surface area contributed by atoms with Gasteiger partial charge in [0, 0.05) is 35.2 Å². The number of carbonyl (C=O) groups is 2. The third kappa shape index (κ3) is 4.74. The number of para-hydroxylation sites is 1. The van der Waals surface area contributed by atoms with E-state index in [0.717, 1.165) is 52.7 Å². The van der Waals surface area contributed by atoms with Gasteiger partial charge in [-0.2, -0.15) is 0 Å². The fourth-order valence-corrected chi connectivity index (χ4v) is 6.16. The van der Waals surface area contributed by atoms with Crippen molar-refractivity contribution in [1.29, 1.82) is 0 Å². The number of aromatic nitrogens is 1. The van der Waals surface area contributed by atoms with Gasteiger partial charge < -0.3 is 19.9 Å². The summed E-state index contributed by atoms with van der Waals surface area (Å²) < 4.78 is 5.76. The van der Waals surface area contributed by atoms with Crippen LogP contribution in [0.3, 0.4) is 0 Å². The van der Waals surface area contributed by atoms with E-state index in [1.165, 1.54) is 0 Å². The lowest BCUT2D eigenvalue weighted by Gasteiger charge is -2.34. The van der Waals surface area contributed by atoms with E-state index in [1.807, 2.05) is 59.5 Å². The van der Waals surface area contributed by atoms with E-state index < -0.39 is 12.1 Å². The lowest BCUT2D eigenvalue weighted by Crippen LogP contribution is -2.50. The second kappa shape index (κ2) is 10.7. The number of benzene rings is 3. The molecule has 1 fully saturated rings. The van der Waals surface area contributed by atoms with Crippen LogP contribution in [-0.2, 0) is 9.53 Å². The molecule has 0 spiro atoms. The Morgan fingerprint density at radius 3 is 2.54 bits per heavy atom. The summed E-state index contributed by atoms with van der Waals surface area (Å²) in [4.78, 5) is 33.6. The highest BCUT2D eigenvalue weighted by atomic mass is 16.5. The zero-order valence-electron chi connectivity index (χ0n) is 22.5. The number of nitrogens with zero attached hydrogens (tertiary/aromatic N) is 1. The first-order valence-corrected chi connectivity index (χ1v) is 14.0. The maximum Gasteiger partial charge on any atom is 0.255 e. The quantitative estimate of drug-likeness (QED) is 0.295. The highest BCUT2D eigenvalue weighted by molar-refractivity contribution is 6.04. The van der Waals surface area contributed by atoms with Crippen LogP contribution in [0, 0.1) is 5.92 Å². The van der Waals surface area contributed by atoms with Gasteiger partial charge in [-0.05, 0) is 48.4 Å².